The molecule has 21 heavy (non-hydrogen) atoms. The lowest BCUT2D eigenvalue weighted by Crippen LogP contribution is -2.19. The third-order valence-corrected chi connectivity index (χ3v) is 4.76. The Hall–Kier alpha value is -1.55. The molecule has 1 aliphatic carbocycles. The number of nitrogens with two attached hydrogens (primary N) is 1. The molecule has 1 heterocycles. The minimum Gasteiger partial charge on any atom is -0.399 e. The molecule has 1 aromatic carbocycles. The Balaban J connectivity index is 2.16. The van der Waals surface area contributed by atoms with Crippen molar-refractivity contribution < 1.29 is 5.11 Å². The molecular weight excluding hydrogens is 262 g/mol. The van der Waals surface area contributed by atoms with E-state index in [-0.39, 0.29) is 0 Å². The summed E-state index contributed by atoms with van der Waals surface area (Å²) >= 11 is 0. The van der Waals surface area contributed by atoms with Crippen LogP contribution in [0.25, 0.3) is 11.0 Å². The molecule has 114 valence electrons. The van der Waals surface area contributed by atoms with Crippen LogP contribution in [-0.2, 0) is 0 Å². The Morgan fingerprint density at radius 1 is 1.29 bits per heavy atom. The van der Waals surface area contributed by atoms with E-state index in [1.807, 2.05) is 18.2 Å². The molecule has 4 nitrogen and oxygen atoms in total. The van der Waals surface area contributed by atoms with Crippen molar-refractivity contribution in [2.45, 2.75) is 58.1 Å². The Morgan fingerprint density at radius 2 is 2.05 bits per heavy atom. The van der Waals surface area contributed by atoms with Crippen LogP contribution in [0, 0.1) is 5.92 Å². The van der Waals surface area contributed by atoms with Crippen LogP contribution >= 0.6 is 0 Å². The lowest BCUT2D eigenvalue weighted by atomic mass is 9.96. The fourth-order valence-electron chi connectivity index (χ4n) is 3.63. The summed E-state index contributed by atoms with van der Waals surface area (Å²) in [5.41, 5.74) is 8.59. The number of aliphatic hydroxyl groups is 1. The molecule has 3 unspecified atom stereocenters. The van der Waals surface area contributed by atoms with Crippen molar-refractivity contribution >= 4 is 16.7 Å². The molecule has 0 spiro atoms. The molecule has 0 radical (unpaired) electrons. The van der Waals surface area contributed by atoms with E-state index in [4.69, 9.17) is 5.73 Å². The van der Waals surface area contributed by atoms with Gasteiger partial charge in [-0.25, -0.2) is 4.98 Å². The molecule has 3 N–H and O–H groups in total. The molecule has 2 aromatic rings. The van der Waals surface area contributed by atoms with Crippen LogP contribution in [0.1, 0.15) is 63.9 Å². The van der Waals surface area contributed by atoms with Crippen molar-refractivity contribution in [3.63, 3.8) is 0 Å². The highest BCUT2D eigenvalue weighted by atomic mass is 16.3. The third kappa shape index (κ3) is 2.64. The van der Waals surface area contributed by atoms with E-state index in [1.165, 1.54) is 25.7 Å². The average molecular weight is 287 g/mol. The SMILES string of the molecule is CC(O)c1nc2cc(N)ccc2n1C1CCCCCC1C. The second-order valence-electron chi connectivity index (χ2n) is 6.45. The van der Waals surface area contributed by atoms with Crippen molar-refractivity contribution in [2.24, 2.45) is 5.92 Å². The van der Waals surface area contributed by atoms with Gasteiger partial charge in [-0.1, -0.05) is 26.2 Å². The number of benzene rings is 1. The number of hydrogen-bond acceptors (Lipinski definition) is 3. The normalized spacial score (nSPS) is 24.9. The molecule has 3 rings (SSSR count). The molecule has 0 bridgehead atoms. The first kappa shape index (κ1) is 14.4. The highest BCUT2D eigenvalue weighted by molar-refractivity contribution is 5.80. The molecule has 3 atom stereocenters. The summed E-state index contributed by atoms with van der Waals surface area (Å²) in [4.78, 5) is 4.65. The Kier molecular flexibility index (Phi) is 3.89. The van der Waals surface area contributed by atoms with Gasteiger partial charge < -0.3 is 15.4 Å². The second kappa shape index (κ2) is 5.68. The summed E-state index contributed by atoms with van der Waals surface area (Å²) < 4.78 is 2.27. The monoisotopic (exact) mass is 287 g/mol. The van der Waals surface area contributed by atoms with Crippen LogP contribution in [0.4, 0.5) is 5.69 Å². The fraction of sp³-hybridized carbons (Fsp3) is 0.588. The number of imidazole rings is 1. The first-order valence-electron chi connectivity index (χ1n) is 8.03. The van der Waals surface area contributed by atoms with E-state index in [0.717, 1.165) is 29.0 Å². The molecular formula is C17H25N3O. The minimum absolute atomic E-state index is 0.422. The molecule has 1 aliphatic rings. The van der Waals surface area contributed by atoms with E-state index in [2.05, 4.69) is 16.5 Å². The van der Waals surface area contributed by atoms with Crippen LogP contribution in [0.15, 0.2) is 18.2 Å². The number of nitrogen functional groups attached to an aromatic ring is 1. The van der Waals surface area contributed by atoms with Crippen LogP contribution in [0.2, 0.25) is 0 Å². The van der Waals surface area contributed by atoms with E-state index < -0.39 is 6.10 Å². The van der Waals surface area contributed by atoms with Gasteiger partial charge in [-0.05, 0) is 43.9 Å². The lowest BCUT2D eigenvalue weighted by Gasteiger charge is -2.26. The summed E-state index contributed by atoms with van der Waals surface area (Å²) in [6, 6.07) is 6.29. The number of aromatic nitrogens is 2. The van der Waals surface area contributed by atoms with Crippen molar-refractivity contribution in [1.82, 2.24) is 9.55 Å². The summed E-state index contributed by atoms with van der Waals surface area (Å²) in [5.74, 6) is 1.38. The van der Waals surface area contributed by atoms with Crippen molar-refractivity contribution in [1.29, 1.82) is 0 Å². The van der Waals surface area contributed by atoms with Gasteiger partial charge in [-0.3, -0.25) is 0 Å². The maximum atomic E-state index is 10.1. The Morgan fingerprint density at radius 3 is 2.81 bits per heavy atom. The first-order chi connectivity index (χ1) is 10.1. The molecule has 1 aromatic heterocycles. The number of fused-ring (bicyclic) bond motifs is 1. The largest absolute Gasteiger partial charge is 0.399 e. The number of aliphatic hydroxyl groups excluding tert-OH is 1. The zero-order chi connectivity index (χ0) is 15.0. The zero-order valence-electron chi connectivity index (χ0n) is 12.9. The quantitative estimate of drug-likeness (QED) is 0.652. The van der Waals surface area contributed by atoms with E-state index in [9.17, 15) is 5.11 Å². The van der Waals surface area contributed by atoms with Crippen molar-refractivity contribution in [2.75, 3.05) is 5.73 Å². The van der Waals surface area contributed by atoms with Gasteiger partial charge in [0.1, 0.15) is 11.9 Å². The van der Waals surface area contributed by atoms with Crippen LogP contribution in [-0.4, -0.2) is 14.7 Å². The summed E-state index contributed by atoms with van der Waals surface area (Å²) in [5, 5.41) is 10.1. The van der Waals surface area contributed by atoms with Gasteiger partial charge in [-0.15, -0.1) is 0 Å². The topological polar surface area (TPSA) is 64.1 Å². The first-order valence-corrected chi connectivity index (χ1v) is 8.03. The molecule has 0 saturated heterocycles. The van der Waals surface area contributed by atoms with Crippen molar-refractivity contribution in [3.05, 3.63) is 24.0 Å². The van der Waals surface area contributed by atoms with Crippen LogP contribution in [0.5, 0.6) is 0 Å². The highest BCUT2D eigenvalue weighted by Crippen LogP contribution is 2.37. The molecule has 1 fully saturated rings. The van der Waals surface area contributed by atoms with Gasteiger partial charge in [0, 0.05) is 11.7 Å². The van der Waals surface area contributed by atoms with E-state index >= 15 is 0 Å². The number of rotatable bonds is 2. The smallest absolute Gasteiger partial charge is 0.138 e. The third-order valence-electron chi connectivity index (χ3n) is 4.76. The van der Waals surface area contributed by atoms with Gasteiger partial charge in [0.05, 0.1) is 11.0 Å². The zero-order valence-corrected chi connectivity index (χ0v) is 12.9. The fourth-order valence-corrected chi connectivity index (χ4v) is 3.63. The van der Waals surface area contributed by atoms with Gasteiger partial charge in [0.25, 0.3) is 0 Å². The van der Waals surface area contributed by atoms with Gasteiger partial charge in [0.2, 0.25) is 0 Å². The molecule has 0 aliphatic heterocycles. The maximum absolute atomic E-state index is 10.1. The predicted molar refractivity (Wildman–Crippen MR) is 86.1 cm³/mol. The Bertz CT molecular complexity index is 632. The van der Waals surface area contributed by atoms with Gasteiger partial charge >= 0.3 is 0 Å². The Labute approximate surface area is 126 Å². The maximum Gasteiger partial charge on any atom is 0.138 e. The molecule has 4 heteroatoms. The molecule has 0 amide bonds. The predicted octanol–water partition coefficient (Wildman–Crippen LogP) is 3.81. The van der Waals surface area contributed by atoms with Gasteiger partial charge in [-0.2, -0.15) is 0 Å². The summed E-state index contributed by atoms with van der Waals surface area (Å²) in [6.07, 6.45) is 5.72. The van der Waals surface area contributed by atoms with Gasteiger partial charge in [0.15, 0.2) is 0 Å². The number of nitrogens with zero attached hydrogens (tertiary/aromatic N) is 2. The second-order valence-corrected chi connectivity index (χ2v) is 6.45. The number of hydrogen-bond donors (Lipinski definition) is 2. The van der Waals surface area contributed by atoms with Crippen molar-refractivity contribution in [3.8, 4) is 0 Å². The van der Waals surface area contributed by atoms with Crippen LogP contribution < -0.4 is 5.73 Å². The molecule has 1 saturated carbocycles. The summed E-state index contributed by atoms with van der Waals surface area (Å²) in [7, 11) is 0. The average Bonchev–Trinajstić information content (AvgIpc) is 2.68. The summed E-state index contributed by atoms with van der Waals surface area (Å²) in [6.45, 7) is 4.12. The standard InChI is InChI=1S/C17H25N3O/c1-11-6-4-3-5-7-15(11)20-16-9-8-13(18)10-14(16)19-17(20)12(2)21/h8-12,15,21H,3-7,18H2,1-2H3. The van der Waals surface area contributed by atoms with E-state index in [1.54, 1.807) is 6.92 Å². The van der Waals surface area contributed by atoms with Crippen LogP contribution in [0.3, 0.4) is 0 Å². The number of anilines is 1. The minimum atomic E-state index is -0.561. The van der Waals surface area contributed by atoms with E-state index in [0.29, 0.717) is 12.0 Å². The highest BCUT2D eigenvalue weighted by Gasteiger charge is 2.27. The lowest BCUT2D eigenvalue weighted by molar-refractivity contribution is 0.176.